The van der Waals surface area contributed by atoms with Crippen LogP contribution < -0.4 is 5.32 Å². The monoisotopic (exact) mass is 758 g/mol. The van der Waals surface area contributed by atoms with Crippen LogP contribution in [0, 0.1) is 0 Å². The van der Waals surface area contributed by atoms with Gasteiger partial charge in [0.05, 0.1) is 17.1 Å². The van der Waals surface area contributed by atoms with Gasteiger partial charge in [0.1, 0.15) is 11.3 Å². The fourth-order valence-corrected chi connectivity index (χ4v) is 6.62. The summed E-state index contributed by atoms with van der Waals surface area (Å²) in [7, 11) is 1.93. The van der Waals surface area contributed by atoms with Gasteiger partial charge in [-0.1, -0.05) is 97.3 Å². The van der Waals surface area contributed by atoms with Gasteiger partial charge >= 0.3 is 0 Å². The van der Waals surface area contributed by atoms with Gasteiger partial charge in [-0.2, -0.15) is 0 Å². The molecule has 2 aliphatic rings. The van der Waals surface area contributed by atoms with Crippen LogP contribution in [0.4, 0.5) is 0 Å². The summed E-state index contributed by atoms with van der Waals surface area (Å²) in [6.45, 7) is 14.4. The van der Waals surface area contributed by atoms with Crippen LogP contribution in [-0.2, 0) is 6.42 Å². The van der Waals surface area contributed by atoms with Gasteiger partial charge < -0.3 is 14.6 Å². The second kappa shape index (κ2) is 20.1. The maximum absolute atomic E-state index is 6.57. The highest BCUT2D eigenvalue weighted by atomic mass is 16.3. The highest BCUT2D eigenvalue weighted by molar-refractivity contribution is 5.95. The smallest absolute Gasteiger partial charge is 0.135 e. The Morgan fingerprint density at radius 3 is 2.31 bits per heavy atom. The lowest BCUT2D eigenvalue weighted by Crippen LogP contribution is -2.15. The van der Waals surface area contributed by atoms with Crippen molar-refractivity contribution in [1.82, 2.24) is 20.2 Å². The van der Waals surface area contributed by atoms with Crippen molar-refractivity contribution in [3.8, 4) is 22.5 Å². The predicted octanol–water partition coefficient (Wildman–Crippen LogP) is 13.0. The van der Waals surface area contributed by atoms with Crippen molar-refractivity contribution >= 4 is 28.7 Å². The van der Waals surface area contributed by atoms with Crippen LogP contribution in [0.5, 0.6) is 0 Å². The zero-order chi connectivity index (χ0) is 40.7. The highest BCUT2D eigenvalue weighted by Crippen LogP contribution is 2.36. The molecule has 5 nitrogen and oxygen atoms in total. The lowest BCUT2D eigenvalue weighted by molar-refractivity contribution is 0.537. The van der Waals surface area contributed by atoms with E-state index in [1.807, 2.05) is 88.8 Å². The van der Waals surface area contributed by atoms with E-state index in [1.165, 1.54) is 0 Å². The first-order chi connectivity index (χ1) is 28.4. The Morgan fingerprint density at radius 2 is 1.60 bits per heavy atom. The first kappa shape index (κ1) is 40.5. The molecular weight excluding hydrogens is 709 g/mol. The first-order valence-corrected chi connectivity index (χ1v) is 19.5. The average Bonchev–Trinajstić information content (AvgIpc) is 3.39. The molecule has 0 unspecified atom stereocenters. The SMILES string of the molecule is C=C1/C=C(c2ccccc2-c2ccccn2)\C=C/CN(/C=C/c2c(/C=C\C)oc3cc(C/C=C\C=C(\C)NC)c(-c4ccccn4)cc23)C2=C=C1C=CC=C2.C=CC. The molecular formula is C53H50N4O. The highest BCUT2D eigenvalue weighted by Gasteiger charge is 2.17. The molecule has 5 heteroatoms. The second-order valence-electron chi connectivity index (χ2n) is 13.6. The molecule has 1 aliphatic heterocycles. The summed E-state index contributed by atoms with van der Waals surface area (Å²) < 4.78 is 6.57. The molecule has 0 saturated heterocycles. The second-order valence-corrected chi connectivity index (χ2v) is 13.6. The summed E-state index contributed by atoms with van der Waals surface area (Å²) in [4.78, 5) is 11.6. The van der Waals surface area contributed by atoms with Crippen LogP contribution in [0.2, 0.25) is 0 Å². The van der Waals surface area contributed by atoms with Gasteiger partial charge in [0.15, 0.2) is 0 Å². The zero-order valence-corrected chi connectivity index (χ0v) is 33.8. The molecule has 288 valence electrons. The molecule has 7 rings (SSSR count). The summed E-state index contributed by atoms with van der Waals surface area (Å²) in [5.41, 5.74) is 16.6. The number of nitrogens with one attached hydrogen (secondary N) is 1. The molecule has 2 aromatic carbocycles. The minimum atomic E-state index is 0.609. The van der Waals surface area contributed by atoms with E-state index in [-0.39, 0.29) is 0 Å². The molecule has 3 aromatic heterocycles. The number of pyridine rings is 2. The number of benzene rings is 2. The van der Waals surface area contributed by atoms with Crippen LogP contribution in [0.3, 0.4) is 0 Å². The van der Waals surface area contributed by atoms with E-state index >= 15 is 0 Å². The molecule has 0 atom stereocenters. The van der Waals surface area contributed by atoms with E-state index < -0.39 is 0 Å². The molecule has 0 spiro atoms. The third-order valence-corrected chi connectivity index (χ3v) is 9.53. The summed E-state index contributed by atoms with van der Waals surface area (Å²) in [6, 6.07) is 24.8. The Kier molecular flexibility index (Phi) is 14.0. The fourth-order valence-electron chi connectivity index (χ4n) is 6.62. The number of rotatable bonds is 10. The summed E-state index contributed by atoms with van der Waals surface area (Å²) in [6.07, 6.45) is 35.6. The van der Waals surface area contributed by atoms with Gasteiger partial charge in [-0.05, 0) is 122 Å². The Hall–Kier alpha value is -7.20. The third kappa shape index (κ3) is 9.96. The van der Waals surface area contributed by atoms with Gasteiger partial charge in [0.2, 0.25) is 0 Å². The number of fused-ring (bicyclic) bond motifs is 1. The van der Waals surface area contributed by atoms with E-state index in [2.05, 4.69) is 144 Å². The molecule has 0 saturated carbocycles. The molecule has 1 aliphatic carbocycles. The number of hydrogen-bond acceptors (Lipinski definition) is 5. The summed E-state index contributed by atoms with van der Waals surface area (Å²) >= 11 is 0. The van der Waals surface area contributed by atoms with E-state index in [9.17, 15) is 0 Å². The topological polar surface area (TPSA) is 54.2 Å². The van der Waals surface area contributed by atoms with Crippen molar-refractivity contribution in [1.29, 1.82) is 0 Å². The number of hydrogen-bond donors (Lipinski definition) is 1. The van der Waals surface area contributed by atoms with E-state index in [0.717, 1.165) is 90.5 Å². The summed E-state index contributed by atoms with van der Waals surface area (Å²) in [5, 5.41) is 4.19. The number of aromatic nitrogens is 2. The molecule has 4 heterocycles. The van der Waals surface area contributed by atoms with Crippen molar-refractivity contribution in [2.45, 2.75) is 27.2 Å². The Balaban J connectivity index is 0.00000183. The molecule has 2 bridgehead atoms. The van der Waals surface area contributed by atoms with Crippen molar-refractivity contribution in [2.75, 3.05) is 13.6 Å². The lowest BCUT2D eigenvalue weighted by atomic mass is 9.93. The van der Waals surface area contributed by atoms with Crippen molar-refractivity contribution in [3.63, 3.8) is 0 Å². The maximum Gasteiger partial charge on any atom is 0.135 e. The molecule has 58 heavy (non-hydrogen) atoms. The minimum Gasteiger partial charge on any atom is -0.456 e. The van der Waals surface area contributed by atoms with E-state index in [1.54, 1.807) is 6.08 Å². The maximum atomic E-state index is 6.57. The van der Waals surface area contributed by atoms with Gasteiger partial charge in [-0.15, -0.1) is 6.58 Å². The minimum absolute atomic E-state index is 0.609. The molecule has 0 amide bonds. The quantitative estimate of drug-likeness (QED) is 0.0873. The van der Waals surface area contributed by atoms with Gasteiger partial charge in [-0.25, -0.2) is 0 Å². The lowest BCUT2D eigenvalue weighted by Gasteiger charge is -2.20. The van der Waals surface area contributed by atoms with Gasteiger partial charge in [0, 0.05) is 65.5 Å². The molecule has 0 radical (unpaired) electrons. The average molecular weight is 759 g/mol. The Labute approximate surface area is 343 Å². The van der Waals surface area contributed by atoms with E-state index in [4.69, 9.17) is 9.40 Å². The summed E-state index contributed by atoms with van der Waals surface area (Å²) in [5.74, 6) is 0.797. The van der Waals surface area contributed by atoms with Crippen LogP contribution in [0.15, 0.2) is 210 Å². The van der Waals surface area contributed by atoms with Crippen molar-refractivity contribution in [2.24, 2.45) is 0 Å². The number of furan rings is 1. The fraction of sp³-hybridized carbons (Fsp3) is 0.113. The zero-order valence-electron chi connectivity index (χ0n) is 33.8. The number of nitrogens with zero attached hydrogens (tertiary/aromatic N) is 3. The molecule has 0 fully saturated rings. The Bertz CT molecular complexity index is 2580. The first-order valence-electron chi connectivity index (χ1n) is 19.5. The van der Waals surface area contributed by atoms with Crippen LogP contribution in [0.25, 0.3) is 51.2 Å². The van der Waals surface area contributed by atoms with Crippen LogP contribution in [0.1, 0.15) is 43.2 Å². The largest absolute Gasteiger partial charge is 0.456 e. The van der Waals surface area contributed by atoms with Crippen molar-refractivity contribution in [3.05, 3.63) is 228 Å². The molecule has 5 aromatic rings. The van der Waals surface area contributed by atoms with Crippen molar-refractivity contribution < 1.29 is 4.42 Å². The number of allylic oxidation sites excluding steroid dienone is 14. The Morgan fingerprint density at radius 1 is 0.897 bits per heavy atom. The third-order valence-electron chi connectivity index (χ3n) is 9.53. The van der Waals surface area contributed by atoms with Gasteiger partial charge in [-0.3, -0.25) is 9.97 Å². The normalized spacial score (nSPS) is 15.8. The molecule has 1 N–H and O–H groups in total. The van der Waals surface area contributed by atoms with Gasteiger partial charge in [0.25, 0.3) is 0 Å². The standard InChI is InChI=1S/C50H44N4O.C3H6/c1-5-17-49-44(46-35-45(48-26-13-15-29-53-48)40(34-50(46)55-49)20-7-6-18-37(3)51-4)27-31-54-30-16-21-39(32-36(2)38-19-8-9-22-41(54)33-38)42-23-10-11-24-43(42)47-25-12-14-28-52-47;1-3-2/h5-19,21-29,31-32,34-35,51H,2,20,30H2,1,3-4H3;3H,1H2,2H3/b7-6-,17-5-,21-16-,31-27+,37-18-,39-32+;. The predicted molar refractivity (Wildman–Crippen MR) is 246 cm³/mol. The van der Waals surface area contributed by atoms with Crippen LogP contribution >= 0.6 is 0 Å². The van der Waals surface area contributed by atoms with Crippen LogP contribution in [-0.4, -0.2) is 28.5 Å². The van der Waals surface area contributed by atoms with E-state index in [0.29, 0.717) is 6.54 Å².